The first-order valence-corrected chi connectivity index (χ1v) is 7.35. The van der Waals surface area contributed by atoms with E-state index in [1.807, 2.05) is 19.1 Å². The minimum atomic E-state index is -3.67. The molecule has 7 heteroatoms. The number of pyridine rings is 1. The Hall–Kier alpha value is -2.25. The number of nitrogens with two attached hydrogens (primary N) is 1. The molecule has 0 aliphatic carbocycles. The van der Waals surface area contributed by atoms with E-state index in [0.717, 1.165) is 11.3 Å². The summed E-state index contributed by atoms with van der Waals surface area (Å²) in [5.41, 5.74) is 5.19. The van der Waals surface area contributed by atoms with E-state index < -0.39 is 10.0 Å². The van der Waals surface area contributed by atoms with Crippen LogP contribution in [0.15, 0.2) is 58.8 Å². The van der Waals surface area contributed by atoms with Crippen molar-refractivity contribution >= 4 is 21.4 Å². The van der Waals surface area contributed by atoms with Gasteiger partial charge in [-0.25, -0.2) is 13.6 Å². The molecule has 1 heterocycles. The van der Waals surface area contributed by atoms with Gasteiger partial charge in [0, 0.05) is 18.0 Å². The fourth-order valence-corrected chi connectivity index (χ4v) is 2.02. The third-order valence-electron chi connectivity index (χ3n) is 2.61. The summed E-state index contributed by atoms with van der Waals surface area (Å²) >= 11 is 0. The van der Waals surface area contributed by atoms with Crippen LogP contribution in [0.4, 0.5) is 5.69 Å². The molecule has 104 valence electrons. The molecule has 0 amide bonds. The lowest BCUT2D eigenvalue weighted by Crippen LogP contribution is -2.11. The molecule has 3 N–H and O–H groups in total. The van der Waals surface area contributed by atoms with E-state index in [-0.39, 0.29) is 4.90 Å². The first kappa shape index (κ1) is 14.2. The largest absolute Gasteiger partial charge is 0.278 e. The molecule has 0 fully saturated rings. The number of hydrazone groups is 1. The van der Waals surface area contributed by atoms with Gasteiger partial charge in [-0.15, -0.1) is 0 Å². The molecule has 1 aromatic carbocycles. The zero-order valence-corrected chi connectivity index (χ0v) is 11.6. The molecular weight excluding hydrogens is 276 g/mol. The van der Waals surface area contributed by atoms with E-state index in [0.29, 0.717) is 5.69 Å². The highest BCUT2D eigenvalue weighted by atomic mass is 32.2. The lowest BCUT2D eigenvalue weighted by molar-refractivity contribution is 0.598. The third-order valence-corrected chi connectivity index (χ3v) is 3.54. The van der Waals surface area contributed by atoms with Gasteiger partial charge < -0.3 is 0 Å². The highest BCUT2D eigenvalue weighted by molar-refractivity contribution is 7.89. The van der Waals surface area contributed by atoms with Gasteiger partial charge in [-0.3, -0.25) is 10.4 Å². The Morgan fingerprint density at radius 2 is 1.95 bits per heavy atom. The molecule has 0 radical (unpaired) electrons. The second-order valence-corrected chi connectivity index (χ2v) is 5.68. The topological polar surface area (TPSA) is 97.4 Å². The molecule has 0 spiro atoms. The van der Waals surface area contributed by atoms with Crippen LogP contribution in [0.3, 0.4) is 0 Å². The van der Waals surface area contributed by atoms with Crippen molar-refractivity contribution in [3.63, 3.8) is 0 Å². The third kappa shape index (κ3) is 3.62. The van der Waals surface area contributed by atoms with Gasteiger partial charge in [0.05, 0.1) is 16.3 Å². The van der Waals surface area contributed by atoms with E-state index in [4.69, 9.17) is 5.14 Å². The van der Waals surface area contributed by atoms with Crippen molar-refractivity contribution in [3.05, 3.63) is 54.4 Å². The average molecular weight is 290 g/mol. The molecule has 0 bridgehead atoms. The smallest absolute Gasteiger partial charge is 0.238 e. The summed E-state index contributed by atoms with van der Waals surface area (Å²) in [5.74, 6) is 0. The van der Waals surface area contributed by atoms with E-state index in [1.54, 1.807) is 24.5 Å². The average Bonchev–Trinajstić information content (AvgIpc) is 2.45. The van der Waals surface area contributed by atoms with Crippen LogP contribution in [0.1, 0.15) is 12.5 Å². The molecule has 0 atom stereocenters. The van der Waals surface area contributed by atoms with Crippen molar-refractivity contribution in [2.24, 2.45) is 10.2 Å². The monoisotopic (exact) mass is 290 g/mol. The summed E-state index contributed by atoms with van der Waals surface area (Å²) in [5, 5.41) is 9.22. The molecule has 1 aromatic heterocycles. The van der Waals surface area contributed by atoms with Crippen LogP contribution in [0, 0.1) is 0 Å². The van der Waals surface area contributed by atoms with Crippen molar-refractivity contribution in [2.45, 2.75) is 11.8 Å². The number of benzene rings is 1. The summed E-state index contributed by atoms with van der Waals surface area (Å²) in [6, 6.07) is 9.77. The van der Waals surface area contributed by atoms with Crippen molar-refractivity contribution in [1.82, 2.24) is 4.98 Å². The standard InChI is InChI=1S/C13H14N4O2S/c1-10(11-3-2-8-15-9-11)16-17-12-4-6-13(7-5-12)20(14,18)19/h2-9,17H,1H3,(H2,14,18,19). The van der Waals surface area contributed by atoms with E-state index in [2.05, 4.69) is 15.5 Å². The van der Waals surface area contributed by atoms with Crippen LogP contribution >= 0.6 is 0 Å². The summed E-state index contributed by atoms with van der Waals surface area (Å²) in [7, 11) is -3.67. The van der Waals surface area contributed by atoms with Gasteiger partial charge in [0.1, 0.15) is 0 Å². The van der Waals surface area contributed by atoms with Gasteiger partial charge in [0.2, 0.25) is 10.0 Å². The number of aromatic nitrogens is 1. The second-order valence-electron chi connectivity index (χ2n) is 4.12. The number of hydrogen-bond acceptors (Lipinski definition) is 5. The Bertz CT molecular complexity index is 710. The maximum atomic E-state index is 11.1. The van der Waals surface area contributed by atoms with E-state index >= 15 is 0 Å². The molecule has 0 saturated heterocycles. The van der Waals surface area contributed by atoms with Gasteiger partial charge in [0.15, 0.2) is 0 Å². The predicted octanol–water partition coefficient (Wildman–Crippen LogP) is 1.57. The normalized spacial score (nSPS) is 12.2. The number of nitrogens with zero attached hydrogens (tertiary/aromatic N) is 2. The Balaban J connectivity index is 2.12. The Morgan fingerprint density at radius 1 is 1.25 bits per heavy atom. The van der Waals surface area contributed by atoms with Gasteiger partial charge in [-0.05, 0) is 37.3 Å². The van der Waals surface area contributed by atoms with Crippen LogP contribution in [-0.4, -0.2) is 19.1 Å². The van der Waals surface area contributed by atoms with E-state index in [1.165, 1.54) is 12.1 Å². The van der Waals surface area contributed by atoms with Crippen LogP contribution in [-0.2, 0) is 10.0 Å². The lowest BCUT2D eigenvalue weighted by atomic mass is 10.2. The van der Waals surface area contributed by atoms with Crippen molar-refractivity contribution in [1.29, 1.82) is 0 Å². The van der Waals surface area contributed by atoms with Gasteiger partial charge >= 0.3 is 0 Å². The summed E-state index contributed by atoms with van der Waals surface area (Å²) in [4.78, 5) is 4.08. The van der Waals surface area contributed by atoms with Crippen LogP contribution in [0.25, 0.3) is 0 Å². The zero-order valence-electron chi connectivity index (χ0n) is 10.8. The first-order valence-electron chi connectivity index (χ1n) is 5.80. The molecule has 0 aliphatic rings. The second kappa shape index (κ2) is 5.81. The zero-order chi connectivity index (χ0) is 14.6. The van der Waals surface area contributed by atoms with Gasteiger partial charge in [0.25, 0.3) is 0 Å². The van der Waals surface area contributed by atoms with Gasteiger partial charge in [-0.1, -0.05) is 6.07 Å². The Morgan fingerprint density at radius 3 is 2.50 bits per heavy atom. The molecule has 20 heavy (non-hydrogen) atoms. The molecule has 0 unspecified atom stereocenters. The number of hydrogen-bond donors (Lipinski definition) is 2. The van der Waals surface area contributed by atoms with Crippen LogP contribution in [0.5, 0.6) is 0 Å². The van der Waals surface area contributed by atoms with E-state index in [9.17, 15) is 8.42 Å². The predicted molar refractivity (Wildman–Crippen MR) is 77.9 cm³/mol. The molecule has 6 nitrogen and oxygen atoms in total. The van der Waals surface area contributed by atoms with Crippen LogP contribution in [0.2, 0.25) is 0 Å². The number of anilines is 1. The maximum absolute atomic E-state index is 11.1. The van der Waals surface area contributed by atoms with Crippen LogP contribution < -0.4 is 10.6 Å². The Labute approximate surface area is 117 Å². The summed E-state index contributed by atoms with van der Waals surface area (Å²) in [6.45, 7) is 1.85. The summed E-state index contributed by atoms with van der Waals surface area (Å²) in [6.07, 6.45) is 3.40. The fraction of sp³-hybridized carbons (Fsp3) is 0.0769. The highest BCUT2D eigenvalue weighted by Gasteiger charge is 2.06. The summed E-state index contributed by atoms with van der Waals surface area (Å²) < 4.78 is 22.2. The molecular formula is C13H14N4O2S. The number of primary sulfonamides is 1. The number of rotatable bonds is 4. The molecule has 0 saturated carbocycles. The molecule has 2 rings (SSSR count). The quantitative estimate of drug-likeness (QED) is 0.659. The van der Waals surface area contributed by atoms with Gasteiger partial charge in [-0.2, -0.15) is 5.10 Å². The van der Waals surface area contributed by atoms with Crippen molar-refractivity contribution < 1.29 is 8.42 Å². The molecule has 2 aromatic rings. The SMILES string of the molecule is CC(=NNc1ccc(S(N)(=O)=O)cc1)c1cccnc1. The maximum Gasteiger partial charge on any atom is 0.238 e. The fourth-order valence-electron chi connectivity index (χ4n) is 1.51. The van der Waals surface area contributed by atoms with Crippen molar-refractivity contribution in [3.8, 4) is 0 Å². The number of nitrogens with one attached hydrogen (secondary N) is 1. The molecule has 0 aliphatic heterocycles. The Kier molecular flexibility index (Phi) is 4.11. The minimum absolute atomic E-state index is 0.0658. The number of sulfonamides is 1. The highest BCUT2D eigenvalue weighted by Crippen LogP contribution is 2.13. The van der Waals surface area contributed by atoms with Crippen molar-refractivity contribution in [2.75, 3.05) is 5.43 Å². The minimum Gasteiger partial charge on any atom is -0.278 e. The first-order chi connectivity index (χ1) is 9.47. The lowest BCUT2D eigenvalue weighted by Gasteiger charge is -2.04.